The molecule has 0 saturated carbocycles. The number of carbonyl (C=O) groups is 1. The summed E-state index contributed by atoms with van der Waals surface area (Å²) < 4.78 is 40.7. The number of hydrogen-bond acceptors (Lipinski definition) is 3. The minimum atomic E-state index is -3.84. The fourth-order valence-corrected chi connectivity index (χ4v) is 4.39. The molecule has 7 heteroatoms. The minimum absolute atomic E-state index is 0.0587. The van der Waals surface area contributed by atoms with E-state index in [1.807, 2.05) is 12.1 Å². The highest BCUT2D eigenvalue weighted by Crippen LogP contribution is 2.33. The molecule has 5 nitrogen and oxygen atoms in total. The van der Waals surface area contributed by atoms with Crippen LogP contribution in [0.4, 0.5) is 10.1 Å². The molecule has 1 aliphatic carbocycles. The Morgan fingerprint density at radius 1 is 1.23 bits per heavy atom. The molecule has 1 aliphatic rings. The van der Waals surface area contributed by atoms with Gasteiger partial charge in [-0.25, -0.2) is 12.8 Å². The Morgan fingerprint density at radius 3 is 2.77 bits per heavy atom. The first-order valence-electron chi connectivity index (χ1n) is 8.51. The van der Waals surface area contributed by atoms with Gasteiger partial charge in [-0.2, -0.15) is 0 Å². The lowest BCUT2D eigenvalue weighted by molar-refractivity contribution is -0.119. The van der Waals surface area contributed by atoms with Crippen LogP contribution in [0.3, 0.4) is 0 Å². The van der Waals surface area contributed by atoms with E-state index in [1.54, 1.807) is 6.07 Å². The molecule has 0 aromatic heterocycles. The molecule has 3 rings (SSSR count). The van der Waals surface area contributed by atoms with Crippen molar-refractivity contribution in [3.63, 3.8) is 0 Å². The summed E-state index contributed by atoms with van der Waals surface area (Å²) in [4.78, 5) is 11.0. The minimum Gasteiger partial charge on any atom is -0.356 e. The second-order valence-electron chi connectivity index (χ2n) is 6.50. The third-order valence-corrected chi connectivity index (χ3v) is 5.92. The van der Waals surface area contributed by atoms with Crippen LogP contribution < -0.4 is 10.0 Å². The summed E-state index contributed by atoms with van der Waals surface area (Å²) in [5, 5.41) is 2.85. The van der Waals surface area contributed by atoms with E-state index in [2.05, 4.69) is 10.0 Å². The number of benzene rings is 2. The molecule has 138 valence electrons. The highest BCUT2D eigenvalue weighted by Gasteiger charge is 2.22. The third kappa shape index (κ3) is 4.22. The van der Waals surface area contributed by atoms with Gasteiger partial charge < -0.3 is 5.32 Å². The first-order chi connectivity index (χ1) is 12.3. The van der Waals surface area contributed by atoms with Gasteiger partial charge in [-0.3, -0.25) is 9.52 Å². The molecule has 0 aliphatic heterocycles. The van der Waals surface area contributed by atoms with Crippen molar-refractivity contribution in [2.24, 2.45) is 0 Å². The number of halogens is 1. The van der Waals surface area contributed by atoms with Gasteiger partial charge in [0.2, 0.25) is 5.91 Å². The lowest BCUT2D eigenvalue weighted by Crippen LogP contribution is -2.28. The summed E-state index contributed by atoms with van der Waals surface area (Å²) in [6, 6.07) is 10.4. The van der Waals surface area contributed by atoms with Crippen LogP contribution in [0.1, 0.15) is 36.8 Å². The maximum atomic E-state index is 13.3. The summed E-state index contributed by atoms with van der Waals surface area (Å²) in [5.41, 5.74) is 2.66. The van der Waals surface area contributed by atoms with Crippen LogP contribution in [0.5, 0.6) is 0 Å². The van der Waals surface area contributed by atoms with Gasteiger partial charge in [-0.05, 0) is 60.7 Å². The number of anilines is 1. The number of fused-ring (bicyclic) bond motifs is 1. The summed E-state index contributed by atoms with van der Waals surface area (Å²) in [6.45, 7) is 2.07. The van der Waals surface area contributed by atoms with Crippen molar-refractivity contribution in [2.75, 3.05) is 11.3 Å². The molecule has 2 aromatic carbocycles. The van der Waals surface area contributed by atoms with Gasteiger partial charge >= 0.3 is 0 Å². The van der Waals surface area contributed by atoms with E-state index in [9.17, 15) is 17.6 Å². The van der Waals surface area contributed by atoms with E-state index in [0.717, 1.165) is 36.5 Å². The Bertz CT molecular complexity index is 928. The Kier molecular flexibility index (Phi) is 5.27. The second kappa shape index (κ2) is 7.45. The molecule has 1 atom stereocenters. The van der Waals surface area contributed by atoms with Crippen molar-refractivity contribution in [3.8, 4) is 0 Å². The summed E-state index contributed by atoms with van der Waals surface area (Å²) >= 11 is 0. The SMILES string of the molecule is CC(=O)NC[C@@H]1CCCc2cc(NS(=O)(=O)c3cccc(F)c3)ccc21. The van der Waals surface area contributed by atoms with Crippen LogP contribution in [0.25, 0.3) is 0 Å². The van der Waals surface area contributed by atoms with Gasteiger partial charge in [0.05, 0.1) is 4.90 Å². The molecular formula is C19H21FN2O3S. The Labute approximate surface area is 152 Å². The smallest absolute Gasteiger partial charge is 0.261 e. The van der Waals surface area contributed by atoms with Crippen molar-refractivity contribution >= 4 is 21.6 Å². The number of carbonyl (C=O) groups excluding carboxylic acids is 1. The predicted molar refractivity (Wildman–Crippen MR) is 98.0 cm³/mol. The zero-order chi connectivity index (χ0) is 18.7. The number of rotatable bonds is 5. The maximum absolute atomic E-state index is 13.3. The van der Waals surface area contributed by atoms with Crippen LogP contribution in [-0.2, 0) is 21.2 Å². The first-order valence-corrected chi connectivity index (χ1v) is 9.99. The molecule has 0 saturated heterocycles. The van der Waals surface area contributed by atoms with Gasteiger partial charge in [-0.1, -0.05) is 12.1 Å². The van der Waals surface area contributed by atoms with Crippen molar-refractivity contribution in [1.29, 1.82) is 0 Å². The van der Waals surface area contributed by atoms with Gasteiger partial charge in [0.1, 0.15) is 5.82 Å². The standard InChI is InChI=1S/C19H21FN2O3S/c1-13(23)21-12-15-5-2-4-14-10-17(8-9-19(14)15)22-26(24,25)18-7-3-6-16(20)11-18/h3,6-11,15,22H,2,4-5,12H2,1H3,(H,21,23)/t15-/m0/s1. The van der Waals surface area contributed by atoms with E-state index >= 15 is 0 Å². The zero-order valence-electron chi connectivity index (χ0n) is 14.5. The topological polar surface area (TPSA) is 75.3 Å². The van der Waals surface area contributed by atoms with Crippen LogP contribution in [0.2, 0.25) is 0 Å². The summed E-state index contributed by atoms with van der Waals surface area (Å²) in [7, 11) is -3.84. The Morgan fingerprint density at radius 2 is 2.04 bits per heavy atom. The van der Waals surface area contributed by atoms with Crippen LogP contribution in [-0.4, -0.2) is 20.9 Å². The van der Waals surface area contributed by atoms with Crippen molar-refractivity contribution in [2.45, 2.75) is 37.0 Å². The van der Waals surface area contributed by atoms with E-state index < -0.39 is 15.8 Å². The molecule has 0 fully saturated rings. The molecule has 0 spiro atoms. The molecular weight excluding hydrogens is 355 g/mol. The molecule has 0 heterocycles. The highest BCUT2D eigenvalue weighted by atomic mass is 32.2. The van der Waals surface area contributed by atoms with E-state index in [0.29, 0.717) is 12.2 Å². The Balaban J connectivity index is 1.81. The quantitative estimate of drug-likeness (QED) is 0.842. The third-order valence-electron chi connectivity index (χ3n) is 4.54. The Hall–Kier alpha value is -2.41. The monoisotopic (exact) mass is 376 g/mol. The van der Waals surface area contributed by atoms with E-state index in [4.69, 9.17) is 0 Å². The molecule has 0 bridgehead atoms. The number of sulfonamides is 1. The average molecular weight is 376 g/mol. The van der Waals surface area contributed by atoms with E-state index in [-0.39, 0.29) is 16.7 Å². The van der Waals surface area contributed by atoms with Gasteiger partial charge in [0.15, 0.2) is 0 Å². The highest BCUT2D eigenvalue weighted by molar-refractivity contribution is 7.92. The predicted octanol–water partition coefficient (Wildman–Crippen LogP) is 3.18. The number of nitrogens with one attached hydrogen (secondary N) is 2. The summed E-state index contributed by atoms with van der Waals surface area (Å²) in [5.74, 6) is -0.424. The van der Waals surface area contributed by atoms with Gasteiger partial charge in [-0.15, -0.1) is 0 Å². The molecule has 0 unspecified atom stereocenters. The van der Waals surface area contributed by atoms with E-state index in [1.165, 1.54) is 25.1 Å². The fraction of sp³-hybridized carbons (Fsp3) is 0.316. The molecule has 26 heavy (non-hydrogen) atoms. The molecule has 2 N–H and O–H groups in total. The number of amides is 1. The zero-order valence-corrected chi connectivity index (χ0v) is 15.3. The van der Waals surface area contributed by atoms with Gasteiger partial charge in [0.25, 0.3) is 10.0 Å². The average Bonchev–Trinajstić information content (AvgIpc) is 2.59. The van der Waals surface area contributed by atoms with Crippen molar-refractivity contribution in [1.82, 2.24) is 5.32 Å². The van der Waals surface area contributed by atoms with Gasteiger partial charge in [0, 0.05) is 25.1 Å². The first kappa shape index (κ1) is 18.4. The maximum Gasteiger partial charge on any atom is 0.261 e. The molecule has 1 amide bonds. The molecule has 0 radical (unpaired) electrons. The van der Waals surface area contributed by atoms with Crippen LogP contribution >= 0.6 is 0 Å². The second-order valence-corrected chi connectivity index (χ2v) is 8.19. The largest absolute Gasteiger partial charge is 0.356 e. The summed E-state index contributed by atoms with van der Waals surface area (Å²) in [6.07, 6.45) is 2.83. The fourth-order valence-electron chi connectivity index (χ4n) is 3.31. The lowest BCUT2D eigenvalue weighted by atomic mass is 9.82. The number of hydrogen-bond donors (Lipinski definition) is 2. The normalized spacial score (nSPS) is 16.6. The molecule has 2 aromatic rings. The van der Waals surface area contributed by atoms with Crippen LogP contribution in [0, 0.1) is 5.82 Å². The lowest BCUT2D eigenvalue weighted by Gasteiger charge is -2.26. The van der Waals surface area contributed by atoms with Crippen LogP contribution in [0.15, 0.2) is 47.4 Å². The van der Waals surface area contributed by atoms with Crippen molar-refractivity contribution < 1.29 is 17.6 Å². The number of aryl methyl sites for hydroxylation is 1. The van der Waals surface area contributed by atoms with Crippen molar-refractivity contribution in [3.05, 3.63) is 59.4 Å².